The van der Waals surface area contributed by atoms with Gasteiger partial charge in [0, 0.05) is 32.1 Å². The van der Waals surface area contributed by atoms with Crippen LogP contribution in [0, 0.1) is 0 Å². The lowest BCUT2D eigenvalue weighted by Gasteiger charge is -2.37. The van der Waals surface area contributed by atoms with Gasteiger partial charge in [-0.05, 0) is 32.3 Å². The van der Waals surface area contributed by atoms with E-state index in [0.717, 1.165) is 31.8 Å². The highest BCUT2D eigenvalue weighted by Gasteiger charge is 2.31. The van der Waals surface area contributed by atoms with Crippen LogP contribution < -0.4 is 0 Å². The Balaban J connectivity index is 1.85. The molecule has 0 aliphatic carbocycles. The molecule has 0 radical (unpaired) electrons. The van der Waals surface area contributed by atoms with Crippen LogP contribution in [0.3, 0.4) is 0 Å². The Kier molecular flexibility index (Phi) is 4.60. The molecule has 0 spiro atoms. The summed E-state index contributed by atoms with van der Waals surface area (Å²) in [5, 5.41) is 4.13. The van der Waals surface area contributed by atoms with Gasteiger partial charge in [0.15, 0.2) is 0 Å². The van der Waals surface area contributed by atoms with Gasteiger partial charge in [0.05, 0.1) is 11.3 Å². The van der Waals surface area contributed by atoms with E-state index < -0.39 is 11.7 Å². The first kappa shape index (κ1) is 16.9. The second-order valence-corrected chi connectivity index (χ2v) is 6.24. The molecule has 24 heavy (non-hydrogen) atoms. The van der Waals surface area contributed by atoms with Crippen LogP contribution in [0.5, 0.6) is 0 Å². The van der Waals surface area contributed by atoms with Crippen molar-refractivity contribution in [3.05, 3.63) is 42.0 Å². The van der Waals surface area contributed by atoms with Crippen molar-refractivity contribution in [1.29, 1.82) is 0 Å². The minimum absolute atomic E-state index is 0.262. The standard InChI is InChI=1S/C16H20F3N5/c1-22-6-7-23(2)14(10-22)9-15-20-11-21-24(15)13-5-3-4-12(8-13)16(17,18)19/h3-5,8,11,14H,6-7,9-10H2,1-2H3/t14-/m1/s1. The van der Waals surface area contributed by atoms with Gasteiger partial charge in [-0.1, -0.05) is 6.07 Å². The van der Waals surface area contributed by atoms with E-state index in [0.29, 0.717) is 17.9 Å². The van der Waals surface area contributed by atoms with Crippen LogP contribution >= 0.6 is 0 Å². The maximum atomic E-state index is 12.9. The number of nitrogens with zero attached hydrogens (tertiary/aromatic N) is 5. The summed E-state index contributed by atoms with van der Waals surface area (Å²) in [5.41, 5.74) is -0.305. The Hall–Kier alpha value is -1.93. The lowest BCUT2D eigenvalue weighted by molar-refractivity contribution is -0.137. The molecule has 130 valence electrons. The Labute approximate surface area is 138 Å². The van der Waals surface area contributed by atoms with Crippen molar-refractivity contribution in [2.75, 3.05) is 33.7 Å². The summed E-state index contributed by atoms with van der Waals surface area (Å²) in [6, 6.07) is 5.44. The lowest BCUT2D eigenvalue weighted by Crippen LogP contribution is -2.51. The summed E-state index contributed by atoms with van der Waals surface area (Å²) in [7, 11) is 4.13. The average Bonchev–Trinajstić information content (AvgIpc) is 2.98. The molecule has 2 heterocycles. The number of alkyl halides is 3. The Morgan fingerprint density at radius 3 is 2.75 bits per heavy atom. The van der Waals surface area contributed by atoms with Gasteiger partial charge in [-0.25, -0.2) is 9.67 Å². The van der Waals surface area contributed by atoms with Gasteiger partial charge < -0.3 is 9.80 Å². The van der Waals surface area contributed by atoms with Gasteiger partial charge in [-0.2, -0.15) is 18.3 Å². The first-order chi connectivity index (χ1) is 11.3. The summed E-state index contributed by atoms with van der Waals surface area (Å²) in [5.74, 6) is 0.668. The van der Waals surface area contributed by atoms with Crippen molar-refractivity contribution in [1.82, 2.24) is 24.6 Å². The van der Waals surface area contributed by atoms with Crippen LogP contribution in [0.1, 0.15) is 11.4 Å². The van der Waals surface area contributed by atoms with E-state index in [-0.39, 0.29) is 6.04 Å². The largest absolute Gasteiger partial charge is 0.416 e. The van der Waals surface area contributed by atoms with E-state index in [9.17, 15) is 13.2 Å². The summed E-state index contributed by atoms with van der Waals surface area (Å²) < 4.78 is 40.3. The third kappa shape index (κ3) is 3.59. The molecule has 3 rings (SSSR count). The van der Waals surface area contributed by atoms with E-state index in [1.54, 1.807) is 6.07 Å². The fraction of sp³-hybridized carbons (Fsp3) is 0.500. The number of benzene rings is 1. The zero-order valence-electron chi connectivity index (χ0n) is 13.7. The number of piperazine rings is 1. The van der Waals surface area contributed by atoms with Crippen molar-refractivity contribution >= 4 is 0 Å². The van der Waals surface area contributed by atoms with Gasteiger partial charge >= 0.3 is 6.18 Å². The Morgan fingerprint density at radius 2 is 2.00 bits per heavy atom. The minimum Gasteiger partial charge on any atom is -0.304 e. The molecule has 0 unspecified atom stereocenters. The Morgan fingerprint density at radius 1 is 1.21 bits per heavy atom. The molecule has 1 aromatic carbocycles. The van der Waals surface area contributed by atoms with E-state index >= 15 is 0 Å². The van der Waals surface area contributed by atoms with E-state index in [2.05, 4.69) is 34.0 Å². The van der Waals surface area contributed by atoms with Crippen LogP contribution in [0.2, 0.25) is 0 Å². The molecule has 1 aliphatic heterocycles. The highest BCUT2D eigenvalue weighted by molar-refractivity contribution is 5.37. The molecule has 0 saturated carbocycles. The van der Waals surface area contributed by atoms with Gasteiger partial charge in [-0.15, -0.1) is 0 Å². The number of hydrogen-bond donors (Lipinski definition) is 0. The molecule has 2 aromatic rings. The summed E-state index contributed by atoms with van der Waals surface area (Å²) in [6.45, 7) is 2.86. The van der Waals surface area contributed by atoms with Crippen molar-refractivity contribution in [3.63, 3.8) is 0 Å². The molecule has 1 saturated heterocycles. The van der Waals surface area contributed by atoms with Crippen LogP contribution in [-0.4, -0.2) is 64.3 Å². The predicted molar refractivity (Wildman–Crippen MR) is 84.0 cm³/mol. The highest BCUT2D eigenvalue weighted by atomic mass is 19.4. The second kappa shape index (κ2) is 6.52. The second-order valence-electron chi connectivity index (χ2n) is 6.24. The summed E-state index contributed by atoms with van der Waals surface area (Å²) >= 11 is 0. The van der Waals surface area contributed by atoms with Crippen molar-refractivity contribution < 1.29 is 13.2 Å². The van der Waals surface area contributed by atoms with Crippen molar-refractivity contribution in [2.24, 2.45) is 0 Å². The number of likely N-dealkylation sites (N-methyl/N-ethyl adjacent to an activating group) is 2. The fourth-order valence-corrected chi connectivity index (χ4v) is 2.97. The molecule has 0 bridgehead atoms. The molecule has 0 amide bonds. The van der Waals surface area contributed by atoms with Crippen molar-refractivity contribution in [2.45, 2.75) is 18.6 Å². The van der Waals surface area contributed by atoms with Crippen LogP contribution in [0.4, 0.5) is 13.2 Å². The maximum absolute atomic E-state index is 12.9. The van der Waals surface area contributed by atoms with Gasteiger partial charge in [0.1, 0.15) is 12.2 Å². The van der Waals surface area contributed by atoms with Gasteiger partial charge in [-0.3, -0.25) is 0 Å². The zero-order valence-corrected chi connectivity index (χ0v) is 13.7. The third-order valence-corrected chi connectivity index (χ3v) is 4.43. The van der Waals surface area contributed by atoms with E-state index in [4.69, 9.17) is 0 Å². The van der Waals surface area contributed by atoms with E-state index in [1.807, 2.05) is 0 Å². The molecule has 1 fully saturated rings. The number of aromatic nitrogens is 3. The molecule has 0 N–H and O–H groups in total. The third-order valence-electron chi connectivity index (χ3n) is 4.43. The summed E-state index contributed by atoms with van der Waals surface area (Å²) in [6.07, 6.45) is -2.34. The van der Waals surface area contributed by atoms with Crippen LogP contribution in [-0.2, 0) is 12.6 Å². The minimum atomic E-state index is -4.37. The topological polar surface area (TPSA) is 37.2 Å². The van der Waals surface area contributed by atoms with E-state index in [1.165, 1.54) is 17.1 Å². The van der Waals surface area contributed by atoms with Crippen LogP contribution in [0.25, 0.3) is 5.69 Å². The predicted octanol–water partition coefficient (Wildman–Crippen LogP) is 2.07. The summed E-state index contributed by atoms with van der Waals surface area (Å²) in [4.78, 5) is 8.76. The van der Waals surface area contributed by atoms with Gasteiger partial charge in [0.25, 0.3) is 0 Å². The monoisotopic (exact) mass is 339 g/mol. The number of rotatable bonds is 3. The molecule has 8 heteroatoms. The zero-order chi connectivity index (χ0) is 17.3. The molecular formula is C16H20F3N5. The van der Waals surface area contributed by atoms with Crippen molar-refractivity contribution in [3.8, 4) is 5.69 Å². The first-order valence-electron chi connectivity index (χ1n) is 7.80. The molecule has 1 aromatic heterocycles. The van der Waals surface area contributed by atoms with Gasteiger partial charge in [0.2, 0.25) is 0 Å². The maximum Gasteiger partial charge on any atom is 0.416 e. The quantitative estimate of drug-likeness (QED) is 0.858. The Bertz CT molecular complexity index is 697. The number of halogens is 3. The molecule has 1 atom stereocenters. The first-order valence-corrected chi connectivity index (χ1v) is 7.80. The SMILES string of the molecule is CN1CCN(C)[C@H](Cc2ncnn2-c2cccc(C(F)(F)F)c2)C1. The lowest BCUT2D eigenvalue weighted by atomic mass is 10.1. The highest BCUT2D eigenvalue weighted by Crippen LogP contribution is 2.30. The molecular weight excluding hydrogens is 319 g/mol. The molecule has 5 nitrogen and oxygen atoms in total. The fourth-order valence-electron chi connectivity index (χ4n) is 2.97. The van der Waals surface area contributed by atoms with Crippen LogP contribution in [0.15, 0.2) is 30.6 Å². The molecule has 1 aliphatic rings. The normalized spacial score (nSPS) is 20.5. The average molecular weight is 339 g/mol. The number of hydrogen-bond acceptors (Lipinski definition) is 4. The smallest absolute Gasteiger partial charge is 0.304 e.